The predicted molar refractivity (Wildman–Crippen MR) is 92.3 cm³/mol. The standard InChI is InChI=1S/C17H18N4O3S/c22-14(19-16-20-18-11-25-16)9-17(5-7-24-8-6-17)21-10-12-3-1-2-4-13(12)15(21)23/h1-4,11H,5-10H2,(H,19,20,22). The normalized spacial score (nSPS) is 18.9. The summed E-state index contributed by atoms with van der Waals surface area (Å²) in [5.41, 5.74) is 2.80. The number of benzene rings is 1. The van der Waals surface area contributed by atoms with Gasteiger partial charge in [0, 0.05) is 25.3 Å². The minimum absolute atomic E-state index is 0.00113. The molecule has 2 aliphatic heterocycles. The van der Waals surface area contributed by atoms with Crippen LogP contribution in [-0.4, -0.2) is 45.7 Å². The lowest BCUT2D eigenvalue weighted by Gasteiger charge is -2.44. The maximum Gasteiger partial charge on any atom is 0.254 e. The average molecular weight is 358 g/mol. The number of nitrogens with one attached hydrogen (secondary N) is 1. The molecule has 7 nitrogen and oxygen atoms in total. The highest BCUT2D eigenvalue weighted by atomic mass is 32.1. The minimum atomic E-state index is -0.525. The third kappa shape index (κ3) is 3.03. The molecule has 0 radical (unpaired) electrons. The maximum atomic E-state index is 12.9. The fourth-order valence-electron chi connectivity index (χ4n) is 3.62. The van der Waals surface area contributed by atoms with Crippen LogP contribution < -0.4 is 5.32 Å². The molecule has 1 fully saturated rings. The van der Waals surface area contributed by atoms with E-state index in [0.29, 0.717) is 37.7 Å². The predicted octanol–water partition coefficient (Wildman–Crippen LogP) is 2.07. The summed E-state index contributed by atoms with van der Waals surface area (Å²) in [7, 11) is 0. The molecule has 4 rings (SSSR count). The van der Waals surface area contributed by atoms with Gasteiger partial charge >= 0.3 is 0 Å². The number of hydrogen-bond acceptors (Lipinski definition) is 6. The zero-order chi connectivity index (χ0) is 17.3. The van der Waals surface area contributed by atoms with Gasteiger partial charge in [0.05, 0.1) is 12.0 Å². The number of amides is 2. The van der Waals surface area contributed by atoms with Crippen molar-refractivity contribution in [1.29, 1.82) is 0 Å². The number of carbonyl (C=O) groups excluding carboxylic acids is 2. The van der Waals surface area contributed by atoms with E-state index in [2.05, 4.69) is 15.5 Å². The Bertz CT molecular complexity index is 787. The molecule has 1 aromatic carbocycles. The Balaban J connectivity index is 1.58. The Hall–Kier alpha value is -2.32. The average Bonchev–Trinajstić information content (AvgIpc) is 3.24. The van der Waals surface area contributed by atoms with Crippen LogP contribution in [0.15, 0.2) is 29.8 Å². The first-order chi connectivity index (χ1) is 12.2. The van der Waals surface area contributed by atoms with Gasteiger partial charge in [-0.25, -0.2) is 0 Å². The zero-order valence-corrected chi connectivity index (χ0v) is 14.4. The van der Waals surface area contributed by atoms with Crippen molar-refractivity contribution >= 4 is 28.3 Å². The van der Waals surface area contributed by atoms with Gasteiger partial charge in [-0.15, -0.1) is 10.2 Å². The third-order valence-corrected chi connectivity index (χ3v) is 5.52. The molecule has 3 heterocycles. The van der Waals surface area contributed by atoms with Crippen LogP contribution in [-0.2, 0) is 16.1 Å². The van der Waals surface area contributed by atoms with E-state index in [1.807, 2.05) is 29.2 Å². The lowest BCUT2D eigenvalue weighted by molar-refractivity contribution is -0.120. The monoisotopic (exact) mass is 358 g/mol. The van der Waals surface area contributed by atoms with Crippen molar-refractivity contribution in [2.24, 2.45) is 0 Å². The fourth-order valence-corrected chi connectivity index (χ4v) is 4.08. The molecule has 0 saturated carbocycles. The van der Waals surface area contributed by atoms with Gasteiger partial charge in [0.1, 0.15) is 5.51 Å². The van der Waals surface area contributed by atoms with Crippen molar-refractivity contribution in [3.05, 3.63) is 40.9 Å². The van der Waals surface area contributed by atoms with Gasteiger partial charge in [0.25, 0.3) is 5.91 Å². The van der Waals surface area contributed by atoms with E-state index in [0.717, 1.165) is 11.1 Å². The van der Waals surface area contributed by atoms with Crippen LogP contribution in [0, 0.1) is 0 Å². The lowest BCUT2D eigenvalue weighted by Crippen LogP contribution is -2.54. The molecule has 1 saturated heterocycles. The van der Waals surface area contributed by atoms with Crippen molar-refractivity contribution < 1.29 is 14.3 Å². The first kappa shape index (κ1) is 16.2. The Morgan fingerprint density at radius 1 is 1.32 bits per heavy atom. The van der Waals surface area contributed by atoms with Crippen molar-refractivity contribution in [2.45, 2.75) is 31.3 Å². The second-order valence-electron chi connectivity index (χ2n) is 6.35. The van der Waals surface area contributed by atoms with Crippen LogP contribution in [0.1, 0.15) is 35.2 Å². The Morgan fingerprint density at radius 3 is 2.84 bits per heavy atom. The quantitative estimate of drug-likeness (QED) is 0.904. The summed E-state index contributed by atoms with van der Waals surface area (Å²) in [6.45, 7) is 1.64. The van der Waals surface area contributed by atoms with Crippen LogP contribution in [0.3, 0.4) is 0 Å². The van der Waals surface area contributed by atoms with Gasteiger partial charge in [0.15, 0.2) is 0 Å². The van der Waals surface area contributed by atoms with Gasteiger partial charge in [-0.05, 0) is 24.5 Å². The highest BCUT2D eigenvalue weighted by molar-refractivity contribution is 7.13. The summed E-state index contributed by atoms with van der Waals surface area (Å²) < 4.78 is 5.49. The number of carbonyl (C=O) groups is 2. The number of fused-ring (bicyclic) bond motifs is 1. The molecule has 2 amide bonds. The number of hydrogen-bond donors (Lipinski definition) is 1. The van der Waals surface area contributed by atoms with Crippen molar-refractivity contribution in [3.63, 3.8) is 0 Å². The molecule has 0 bridgehead atoms. The molecular formula is C17H18N4O3S. The molecule has 0 unspecified atom stereocenters. The molecule has 8 heteroatoms. The van der Waals surface area contributed by atoms with Crippen LogP contribution in [0.25, 0.3) is 0 Å². The van der Waals surface area contributed by atoms with E-state index in [4.69, 9.17) is 4.74 Å². The SMILES string of the molecule is O=C(CC1(N2Cc3ccccc3C2=O)CCOCC1)Nc1nncs1. The Morgan fingerprint density at radius 2 is 2.12 bits per heavy atom. The van der Waals surface area contributed by atoms with E-state index < -0.39 is 5.54 Å². The summed E-state index contributed by atoms with van der Waals surface area (Å²) in [4.78, 5) is 27.4. The van der Waals surface area contributed by atoms with E-state index >= 15 is 0 Å². The molecule has 1 N–H and O–H groups in total. The number of nitrogens with zero attached hydrogens (tertiary/aromatic N) is 3. The maximum absolute atomic E-state index is 12.9. The molecule has 130 valence electrons. The van der Waals surface area contributed by atoms with Gasteiger partial charge < -0.3 is 15.0 Å². The number of aromatic nitrogens is 2. The molecule has 0 aliphatic carbocycles. The number of ether oxygens (including phenoxy) is 1. The number of anilines is 1. The van der Waals surface area contributed by atoms with E-state index in [9.17, 15) is 9.59 Å². The van der Waals surface area contributed by atoms with Gasteiger partial charge in [-0.3, -0.25) is 9.59 Å². The first-order valence-corrected chi connectivity index (χ1v) is 9.10. The van der Waals surface area contributed by atoms with Crippen LogP contribution in [0.5, 0.6) is 0 Å². The second kappa shape index (κ2) is 6.53. The molecule has 0 spiro atoms. The van der Waals surface area contributed by atoms with E-state index in [1.54, 1.807) is 5.51 Å². The second-order valence-corrected chi connectivity index (χ2v) is 7.19. The van der Waals surface area contributed by atoms with Crippen LogP contribution in [0.2, 0.25) is 0 Å². The Labute approximate surface area is 149 Å². The van der Waals surface area contributed by atoms with Crippen molar-refractivity contribution in [1.82, 2.24) is 15.1 Å². The van der Waals surface area contributed by atoms with Crippen molar-refractivity contribution in [2.75, 3.05) is 18.5 Å². The lowest BCUT2D eigenvalue weighted by atomic mass is 9.84. The topological polar surface area (TPSA) is 84.4 Å². The summed E-state index contributed by atoms with van der Waals surface area (Å²) in [5.74, 6) is -0.149. The largest absolute Gasteiger partial charge is 0.381 e. The molecular weight excluding hydrogens is 340 g/mol. The Kier molecular flexibility index (Phi) is 4.22. The summed E-state index contributed by atoms with van der Waals surface area (Å²) in [6, 6.07) is 7.64. The first-order valence-electron chi connectivity index (χ1n) is 8.22. The summed E-state index contributed by atoms with van der Waals surface area (Å²) in [6.07, 6.45) is 1.53. The van der Waals surface area contributed by atoms with E-state index in [-0.39, 0.29) is 18.2 Å². The fraction of sp³-hybridized carbons (Fsp3) is 0.412. The van der Waals surface area contributed by atoms with Gasteiger partial charge in [-0.2, -0.15) is 0 Å². The summed E-state index contributed by atoms with van der Waals surface area (Å²) in [5, 5.41) is 10.8. The molecule has 2 aromatic rings. The molecule has 2 aliphatic rings. The molecule has 0 atom stereocenters. The molecule has 25 heavy (non-hydrogen) atoms. The number of rotatable bonds is 4. The van der Waals surface area contributed by atoms with Crippen molar-refractivity contribution in [3.8, 4) is 0 Å². The molecule has 1 aromatic heterocycles. The van der Waals surface area contributed by atoms with Gasteiger partial charge in [0.2, 0.25) is 11.0 Å². The third-order valence-electron chi connectivity index (χ3n) is 4.91. The van der Waals surface area contributed by atoms with E-state index in [1.165, 1.54) is 11.3 Å². The highest BCUT2D eigenvalue weighted by Gasteiger charge is 2.46. The summed E-state index contributed by atoms with van der Waals surface area (Å²) >= 11 is 1.28. The van der Waals surface area contributed by atoms with Gasteiger partial charge in [-0.1, -0.05) is 29.5 Å². The zero-order valence-electron chi connectivity index (χ0n) is 13.6. The minimum Gasteiger partial charge on any atom is -0.381 e. The van der Waals surface area contributed by atoms with Crippen LogP contribution >= 0.6 is 11.3 Å². The highest BCUT2D eigenvalue weighted by Crippen LogP contribution is 2.38. The smallest absolute Gasteiger partial charge is 0.254 e. The van der Waals surface area contributed by atoms with Crippen LogP contribution in [0.4, 0.5) is 5.13 Å².